The first-order valence-corrected chi connectivity index (χ1v) is 11.6. The first-order valence-electron chi connectivity index (χ1n) is 9.73. The number of fused-ring (bicyclic) bond motifs is 1. The fourth-order valence-electron chi connectivity index (χ4n) is 3.62. The number of aromatic carboxylic acids is 1. The van der Waals surface area contributed by atoms with Crippen molar-refractivity contribution in [2.24, 2.45) is 0 Å². The van der Waals surface area contributed by atoms with E-state index in [9.17, 15) is 31.5 Å². The van der Waals surface area contributed by atoms with Crippen molar-refractivity contribution < 1.29 is 31.5 Å². The van der Waals surface area contributed by atoms with Crippen LogP contribution in [0.5, 0.6) is 0 Å². The highest BCUT2D eigenvalue weighted by Gasteiger charge is 2.34. The summed E-state index contributed by atoms with van der Waals surface area (Å²) in [7, 11) is -4.41. The van der Waals surface area contributed by atoms with Gasteiger partial charge in [0, 0.05) is 5.39 Å². The van der Waals surface area contributed by atoms with Gasteiger partial charge in [-0.15, -0.1) is 0 Å². The maximum absolute atomic E-state index is 13.2. The highest BCUT2D eigenvalue weighted by molar-refractivity contribution is 7.92. The molecule has 0 bridgehead atoms. The number of nitrogens with one attached hydrogen (secondary N) is 1. The number of benzene rings is 4. The molecule has 0 saturated carbocycles. The van der Waals surface area contributed by atoms with Gasteiger partial charge >= 0.3 is 12.1 Å². The number of hydrogen-bond acceptors (Lipinski definition) is 3. The molecule has 2 N–H and O–H groups in total. The summed E-state index contributed by atoms with van der Waals surface area (Å²) in [6.07, 6.45) is -4.82. The maximum Gasteiger partial charge on any atom is 0.417 e. The number of anilines is 1. The Morgan fingerprint density at radius 1 is 0.853 bits per heavy atom. The highest BCUT2D eigenvalue weighted by atomic mass is 35.5. The van der Waals surface area contributed by atoms with E-state index in [-0.39, 0.29) is 11.3 Å². The van der Waals surface area contributed by atoms with E-state index in [0.717, 1.165) is 12.1 Å². The Balaban J connectivity index is 1.83. The summed E-state index contributed by atoms with van der Waals surface area (Å²) in [5, 5.41) is 9.94. The van der Waals surface area contributed by atoms with Gasteiger partial charge in [-0.25, -0.2) is 13.2 Å². The number of carbonyl (C=O) groups is 1. The molecule has 0 radical (unpaired) electrons. The van der Waals surface area contributed by atoms with Crippen LogP contribution in [-0.4, -0.2) is 19.5 Å². The van der Waals surface area contributed by atoms with Crippen LogP contribution in [0.15, 0.2) is 83.8 Å². The minimum absolute atomic E-state index is 0.0711. The molecule has 4 rings (SSSR count). The average Bonchev–Trinajstić information content (AvgIpc) is 2.78. The molecule has 174 valence electrons. The second-order valence-corrected chi connectivity index (χ2v) is 9.39. The van der Waals surface area contributed by atoms with Crippen LogP contribution in [-0.2, 0) is 16.2 Å². The fourth-order valence-corrected chi connectivity index (χ4v) is 4.95. The Kier molecular flexibility index (Phi) is 6.01. The standard InChI is InChI=1S/C24H15ClF3NO4S/c25-21-11-9-14(13-20(21)24(26,27)28)34(32,33)29-22-12-10-17(15-5-1-3-7-18(15)22)16-6-2-4-8-19(16)23(30)31/h1-13,29H,(H,30,31). The molecular formula is C24H15ClF3NO4S. The molecule has 0 saturated heterocycles. The van der Waals surface area contributed by atoms with E-state index in [2.05, 4.69) is 4.72 Å². The summed E-state index contributed by atoms with van der Waals surface area (Å²) >= 11 is 5.60. The molecule has 34 heavy (non-hydrogen) atoms. The second-order valence-electron chi connectivity index (χ2n) is 7.30. The first kappa shape index (κ1) is 23.6. The molecule has 0 aliphatic rings. The normalized spacial score (nSPS) is 12.0. The lowest BCUT2D eigenvalue weighted by atomic mass is 9.94. The van der Waals surface area contributed by atoms with Gasteiger partial charge in [0.1, 0.15) is 0 Å². The second kappa shape index (κ2) is 8.66. The van der Waals surface area contributed by atoms with Gasteiger partial charge < -0.3 is 5.11 Å². The largest absolute Gasteiger partial charge is 0.478 e. The topological polar surface area (TPSA) is 83.5 Å². The predicted octanol–water partition coefficient (Wildman–Crippen LogP) is 6.68. The van der Waals surface area contributed by atoms with Gasteiger partial charge in [-0.3, -0.25) is 4.72 Å². The zero-order valence-corrected chi connectivity index (χ0v) is 18.7. The molecule has 0 aromatic heterocycles. The van der Waals surface area contributed by atoms with E-state index in [1.807, 2.05) is 0 Å². The van der Waals surface area contributed by atoms with Crippen LogP contribution in [0.1, 0.15) is 15.9 Å². The number of rotatable bonds is 5. The molecule has 4 aromatic carbocycles. The summed E-state index contributed by atoms with van der Waals surface area (Å²) in [5.41, 5.74) is -0.0736. The molecule has 0 heterocycles. The van der Waals surface area contributed by atoms with Gasteiger partial charge in [0.25, 0.3) is 10.0 Å². The van der Waals surface area contributed by atoms with E-state index in [1.165, 1.54) is 12.1 Å². The van der Waals surface area contributed by atoms with Crippen molar-refractivity contribution in [3.05, 3.63) is 95.0 Å². The van der Waals surface area contributed by atoms with Crippen molar-refractivity contribution in [3.8, 4) is 11.1 Å². The van der Waals surface area contributed by atoms with E-state index in [4.69, 9.17) is 11.6 Å². The smallest absolute Gasteiger partial charge is 0.417 e. The van der Waals surface area contributed by atoms with Crippen molar-refractivity contribution in [2.75, 3.05) is 4.72 Å². The van der Waals surface area contributed by atoms with Crippen LogP contribution in [0.4, 0.5) is 18.9 Å². The first-order chi connectivity index (χ1) is 16.0. The van der Waals surface area contributed by atoms with E-state index in [0.29, 0.717) is 28.0 Å². The lowest BCUT2D eigenvalue weighted by molar-refractivity contribution is -0.137. The molecule has 0 aliphatic carbocycles. The molecule has 0 spiro atoms. The quantitative estimate of drug-likeness (QED) is 0.317. The Hall–Kier alpha value is -3.56. The van der Waals surface area contributed by atoms with Gasteiger partial charge in [0.15, 0.2) is 0 Å². The molecule has 0 unspecified atom stereocenters. The van der Waals surface area contributed by atoms with Gasteiger partial charge in [0.05, 0.1) is 26.7 Å². The van der Waals surface area contributed by atoms with Crippen LogP contribution >= 0.6 is 11.6 Å². The minimum Gasteiger partial charge on any atom is -0.478 e. The lowest BCUT2D eigenvalue weighted by Gasteiger charge is -2.16. The minimum atomic E-state index is -4.82. The third-order valence-electron chi connectivity index (χ3n) is 5.17. The molecule has 4 aromatic rings. The van der Waals surface area contributed by atoms with E-state index >= 15 is 0 Å². The summed E-state index contributed by atoms with van der Waals surface area (Å²) in [6, 6.07) is 18.4. The molecule has 0 atom stereocenters. The summed E-state index contributed by atoms with van der Waals surface area (Å²) < 4.78 is 67.8. The fraction of sp³-hybridized carbons (Fsp3) is 0.0417. The number of carboxylic acid groups (broad SMARTS) is 1. The zero-order chi connectivity index (χ0) is 24.7. The van der Waals surface area contributed by atoms with Gasteiger partial charge in [-0.05, 0) is 46.8 Å². The monoisotopic (exact) mass is 505 g/mol. The van der Waals surface area contributed by atoms with Crippen molar-refractivity contribution in [1.82, 2.24) is 0 Å². The SMILES string of the molecule is O=C(O)c1ccccc1-c1ccc(NS(=O)(=O)c2ccc(Cl)c(C(F)(F)F)c2)c2ccccc12. The van der Waals surface area contributed by atoms with E-state index in [1.54, 1.807) is 48.5 Å². The van der Waals surface area contributed by atoms with Crippen molar-refractivity contribution in [3.63, 3.8) is 0 Å². The number of hydrogen-bond donors (Lipinski definition) is 2. The Morgan fingerprint density at radius 2 is 1.50 bits per heavy atom. The number of carboxylic acids is 1. The third-order valence-corrected chi connectivity index (χ3v) is 6.86. The molecule has 10 heteroatoms. The highest BCUT2D eigenvalue weighted by Crippen LogP contribution is 2.38. The van der Waals surface area contributed by atoms with Crippen molar-refractivity contribution in [2.45, 2.75) is 11.1 Å². The Labute approximate surface area is 197 Å². The van der Waals surface area contributed by atoms with Crippen LogP contribution in [0.2, 0.25) is 5.02 Å². The van der Waals surface area contributed by atoms with Crippen molar-refractivity contribution >= 4 is 44.1 Å². The Bertz CT molecular complexity index is 1540. The van der Waals surface area contributed by atoms with Crippen LogP contribution in [0, 0.1) is 0 Å². The van der Waals surface area contributed by atoms with Crippen molar-refractivity contribution in [1.29, 1.82) is 0 Å². The van der Waals surface area contributed by atoms with Crippen LogP contribution in [0.25, 0.3) is 21.9 Å². The third kappa shape index (κ3) is 4.44. The summed E-state index contributed by atoms with van der Waals surface area (Å²) in [6.45, 7) is 0. The Morgan fingerprint density at radius 3 is 2.18 bits per heavy atom. The summed E-state index contributed by atoms with van der Waals surface area (Å²) in [4.78, 5) is 11.1. The maximum atomic E-state index is 13.2. The zero-order valence-electron chi connectivity index (χ0n) is 17.1. The molecule has 0 amide bonds. The van der Waals surface area contributed by atoms with Gasteiger partial charge in [-0.1, -0.05) is 60.1 Å². The molecule has 5 nitrogen and oxygen atoms in total. The van der Waals surface area contributed by atoms with Crippen LogP contribution < -0.4 is 4.72 Å². The summed E-state index contributed by atoms with van der Waals surface area (Å²) in [5.74, 6) is -1.12. The molecule has 0 aliphatic heterocycles. The number of sulfonamides is 1. The molecular weight excluding hydrogens is 491 g/mol. The number of alkyl halides is 3. The lowest BCUT2D eigenvalue weighted by Crippen LogP contribution is -2.15. The average molecular weight is 506 g/mol. The van der Waals surface area contributed by atoms with Gasteiger partial charge in [-0.2, -0.15) is 13.2 Å². The van der Waals surface area contributed by atoms with Crippen LogP contribution in [0.3, 0.4) is 0 Å². The van der Waals surface area contributed by atoms with Gasteiger partial charge in [0.2, 0.25) is 0 Å². The predicted molar refractivity (Wildman–Crippen MR) is 124 cm³/mol. The van der Waals surface area contributed by atoms with E-state index < -0.39 is 37.7 Å². The molecule has 0 fully saturated rings. The number of halogens is 4.